The van der Waals surface area contributed by atoms with Crippen molar-refractivity contribution in [2.24, 2.45) is 0 Å². The highest BCUT2D eigenvalue weighted by atomic mass is 35.5. The van der Waals surface area contributed by atoms with Gasteiger partial charge in [-0.25, -0.2) is 0 Å². The molecule has 0 spiro atoms. The Kier molecular flexibility index (Phi) is 4.79. The monoisotopic (exact) mass is 229 g/mol. The van der Waals surface area contributed by atoms with Crippen LogP contribution in [0.5, 0.6) is 0 Å². The molecule has 3 heteroatoms. The van der Waals surface area contributed by atoms with E-state index in [1.165, 1.54) is 23.4 Å². The van der Waals surface area contributed by atoms with E-state index in [4.69, 9.17) is 0 Å². The summed E-state index contributed by atoms with van der Waals surface area (Å²) >= 11 is 1.80. The van der Waals surface area contributed by atoms with Crippen LogP contribution in [0.2, 0.25) is 0 Å². The van der Waals surface area contributed by atoms with Gasteiger partial charge in [0, 0.05) is 11.4 Å². The van der Waals surface area contributed by atoms with Crippen LogP contribution in [0.4, 0.5) is 0 Å². The summed E-state index contributed by atoms with van der Waals surface area (Å²) in [5, 5.41) is 3.39. The quantitative estimate of drug-likeness (QED) is 0.783. The Bertz CT molecular complexity index is 267. The molecule has 14 heavy (non-hydrogen) atoms. The molecule has 78 valence electrons. The van der Waals surface area contributed by atoms with Crippen molar-refractivity contribution in [1.82, 2.24) is 5.32 Å². The van der Waals surface area contributed by atoms with E-state index in [0.29, 0.717) is 0 Å². The minimum atomic E-state index is 0. The average molecular weight is 230 g/mol. The lowest BCUT2D eigenvalue weighted by atomic mass is 9.99. The zero-order chi connectivity index (χ0) is 9.10. The van der Waals surface area contributed by atoms with Gasteiger partial charge in [0.25, 0.3) is 0 Å². The van der Waals surface area contributed by atoms with E-state index in [1.54, 1.807) is 11.8 Å². The largest absolute Gasteiger partial charge is 0.316 e. The molecule has 0 aliphatic carbocycles. The number of rotatable bonds is 2. The van der Waals surface area contributed by atoms with E-state index in [-0.39, 0.29) is 12.4 Å². The highest BCUT2D eigenvalue weighted by Crippen LogP contribution is 2.24. The second kappa shape index (κ2) is 5.64. The van der Waals surface area contributed by atoms with Crippen LogP contribution in [0.15, 0.2) is 29.2 Å². The summed E-state index contributed by atoms with van der Waals surface area (Å²) in [6.07, 6.45) is 3.41. The third-order valence-corrected chi connectivity index (χ3v) is 3.39. The van der Waals surface area contributed by atoms with Gasteiger partial charge in [0.2, 0.25) is 0 Å². The number of hydrogen-bond donors (Lipinski definition) is 1. The molecule has 0 saturated carbocycles. The van der Waals surface area contributed by atoms with Gasteiger partial charge < -0.3 is 5.32 Å². The molecule has 1 saturated heterocycles. The SMILES string of the molecule is CSc1ccc(C2CCNC2)cc1.Cl. The molecule has 1 fully saturated rings. The molecule has 1 aliphatic heterocycles. The van der Waals surface area contributed by atoms with Crippen LogP contribution < -0.4 is 5.32 Å². The van der Waals surface area contributed by atoms with Crippen LogP contribution in [0.3, 0.4) is 0 Å². The highest BCUT2D eigenvalue weighted by Gasteiger charge is 2.15. The van der Waals surface area contributed by atoms with Gasteiger partial charge in [0.05, 0.1) is 0 Å². The van der Waals surface area contributed by atoms with Crippen molar-refractivity contribution < 1.29 is 0 Å². The lowest BCUT2D eigenvalue weighted by Crippen LogP contribution is -2.07. The van der Waals surface area contributed by atoms with Crippen molar-refractivity contribution in [2.45, 2.75) is 17.2 Å². The standard InChI is InChI=1S/C11H15NS.ClH/c1-13-11-4-2-9(3-5-11)10-6-7-12-8-10;/h2-5,10,12H,6-8H2,1H3;1H. The summed E-state index contributed by atoms with van der Waals surface area (Å²) in [5.74, 6) is 0.746. The van der Waals surface area contributed by atoms with Crippen molar-refractivity contribution >= 4 is 24.2 Å². The Balaban J connectivity index is 0.000000980. The molecule has 1 heterocycles. The molecule has 1 aliphatic rings. The fourth-order valence-electron chi connectivity index (χ4n) is 1.82. The third kappa shape index (κ3) is 2.66. The first-order valence-electron chi connectivity index (χ1n) is 4.75. The topological polar surface area (TPSA) is 12.0 Å². The van der Waals surface area contributed by atoms with Gasteiger partial charge in [-0.1, -0.05) is 12.1 Å². The first kappa shape index (κ1) is 11.9. The third-order valence-electron chi connectivity index (χ3n) is 2.65. The molecular weight excluding hydrogens is 214 g/mol. The minimum absolute atomic E-state index is 0. The summed E-state index contributed by atoms with van der Waals surface area (Å²) in [7, 11) is 0. The van der Waals surface area contributed by atoms with Crippen LogP contribution >= 0.6 is 24.2 Å². The predicted molar refractivity (Wildman–Crippen MR) is 65.7 cm³/mol. The van der Waals surface area contributed by atoms with Crippen molar-refractivity contribution in [3.8, 4) is 0 Å². The molecule has 1 unspecified atom stereocenters. The Morgan fingerprint density at radius 1 is 1.29 bits per heavy atom. The minimum Gasteiger partial charge on any atom is -0.316 e. The zero-order valence-electron chi connectivity index (χ0n) is 8.32. The van der Waals surface area contributed by atoms with Crippen LogP contribution in [0, 0.1) is 0 Å². The molecule has 0 radical (unpaired) electrons. The second-order valence-electron chi connectivity index (χ2n) is 3.46. The molecule has 0 bridgehead atoms. The fraction of sp³-hybridized carbons (Fsp3) is 0.455. The molecule has 0 amide bonds. The summed E-state index contributed by atoms with van der Waals surface area (Å²) in [5.41, 5.74) is 1.49. The number of hydrogen-bond acceptors (Lipinski definition) is 2. The molecule has 1 atom stereocenters. The number of halogens is 1. The molecule has 0 aromatic heterocycles. The lowest BCUT2D eigenvalue weighted by molar-refractivity contribution is 0.762. The smallest absolute Gasteiger partial charge is 0.00693 e. The second-order valence-corrected chi connectivity index (χ2v) is 4.34. The van der Waals surface area contributed by atoms with E-state index in [2.05, 4.69) is 35.8 Å². The van der Waals surface area contributed by atoms with E-state index in [0.717, 1.165) is 12.5 Å². The van der Waals surface area contributed by atoms with Crippen LogP contribution in [0.1, 0.15) is 17.9 Å². The van der Waals surface area contributed by atoms with Crippen molar-refractivity contribution in [1.29, 1.82) is 0 Å². The summed E-state index contributed by atoms with van der Waals surface area (Å²) in [4.78, 5) is 1.36. The first-order valence-corrected chi connectivity index (χ1v) is 5.97. The van der Waals surface area contributed by atoms with Gasteiger partial charge >= 0.3 is 0 Å². The van der Waals surface area contributed by atoms with Gasteiger partial charge in [-0.15, -0.1) is 24.2 Å². The first-order chi connectivity index (χ1) is 6.40. The maximum atomic E-state index is 3.39. The maximum Gasteiger partial charge on any atom is 0.00693 e. The normalized spacial score (nSPS) is 20.5. The summed E-state index contributed by atoms with van der Waals surface area (Å²) in [6, 6.07) is 8.98. The zero-order valence-corrected chi connectivity index (χ0v) is 9.96. The van der Waals surface area contributed by atoms with Gasteiger partial charge in [-0.2, -0.15) is 0 Å². The Morgan fingerprint density at radius 2 is 2.00 bits per heavy atom. The molecule has 1 aromatic rings. The van der Waals surface area contributed by atoms with E-state index < -0.39 is 0 Å². The Labute approximate surface area is 96.1 Å². The molecule has 2 rings (SSSR count). The average Bonchev–Trinajstić information content (AvgIpc) is 2.71. The molecular formula is C11H16ClNS. The van der Waals surface area contributed by atoms with E-state index in [1.807, 2.05) is 0 Å². The lowest BCUT2D eigenvalue weighted by Gasteiger charge is -2.08. The van der Waals surface area contributed by atoms with Crippen molar-refractivity contribution in [3.05, 3.63) is 29.8 Å². The Morgan fingerprint density at radius 3 is 2.50 bits per heavy atom. The van der Waals surface area contributed by atoms with Gasteiger partial charge in [0.15, 0.2) is 0 Å². The van der Waals surface area contributed by atoms with Crippen LogP contribution in [-0.4, -0.2) is 19.3 Å². The highest BCUT2D eigenvalue weighted by molar-refractivity contribution is 7.98. The Hall–Kier alpha value is -0.180. The molecule has 1 N–H and O–H groups in total. The van der Waals surface area contributed by atoms with Crippen molar-refractivity contribution in [3.63, 3.8) is 0 Å². The van der Waals surface area contributed by atoms with Crippen molar-refractivity contribution in [2.75, 3.05) is 19.3 Å². The van der Waals surface area contributed by atoms with E-state index in [9.17, 15) is 0 Å². The molecule has 1 nitrogen and oxygen atoms in total. The van der Waals surface area contributed by atoms with Crippen LogP contribution in [0.25, 0.3) is 0 Å². The number of nitrogens with one attached hydrogen (secondary N) is 1. The van der Waals surface area contributed by atoms with Gasteiger partial charge in [-0.3, -0.25) is 0 Å². The van der Waals surface area contributed by atoms with Gasteiger partial charge in [0.1, 0.15) is 0 Å². The van der Waals surface area contributed by atoms with Crippen LogP contribution in [-0.2, 0) is 0 Å². The fourth-order valence-corrected chi connectivity index (χ4v) is 2.22. The predicted octanol–water partition coefficient (Wildman–Crippen LogP) is 2.91. The number of benzene rings is 1. The summed E-state index contributed by atoms with van der Waals surface area (Å²) < 4.78 is 0. The maximum absolute atomic E-state index is 3.39. The number of thioether (sulfide) groups is 1. The summed E-state index contributed by atoms with van der Waals surface area (Å²) in [6.45, 7) is 2.33. The van der Waals surface area contributed by atoms with E-state index >= 15 is 0 Å². The molecule has 1 aromatic carbocycles. The van der Waals surface area contributed by atoms with Gasteiger partial charge in [-0.05, 0) is 42.8 Å².